The van der Waals surface area contributed by atoms with E-state index >= 15 is 0 Å². The second-order valence-corrected chi connectivity index (χ2v) is 5.26. The van der Waals surface area contributed by atoms with Crippen LogP contribution in [-0.4, -0.2) is 25.6 Å². The Labute approximate surface area is 98.7 Å². The summed E-state index contributed by atoms with van der Waals surface area (Å²) in [6, 6.07) is -0.146. The molecule has 16 heavy (non-hydrogen) atoms. The highest BCUT2D eigenvalue weighted by Crippen LogP contribution is 2.10. The third kappa shape index (κ3) is 10.4. The fraction of sp³-hybridized carbons (Fsp3) is 1.00. The topological polar surface area (TPSA) is 92.4 Å². The molecule has 0 bridgehead atoms. The van der Waals surface area contributed by atoms with E-state index in [-0.39, 0.29) is 6.04 Å². The summed E-state index contributed by atoms with van der Waals surface area (Å²) in [6.45, 7) is 2.73. The zero-order valence-corrected chi connectivity index (χ0v) is 10.8. The fourth-order valence-electron chi connectivity index (χ4n) is 1.64. The molecule has 0 radical (unpaired) electrons. The molecule has 0 spiro atoms. The smallest absolute Gasteiger partial charge is 0.330 e. The number of nitrogens with two attached hydrogens (primary N) is 1. The molecule has 0 heterocycles. The van der Waals surface area contributed by atoms with E-state index in [1.165, 1.54) is 0 Å². The highest BCUT2D eigenvalue weighted by Gasteiger charge is 2.14. The van der Waals surface area contributed by atoms with Crippen molar-refractivity contribution in [3.8, 4) is 0 Å². The Morgan fingerprint density at radius 2 is 1.81 bits per heavy atom. The zero-order valence-electron chi connectivity index (χ0n) is 9.98. The average molecular weight is 252 g/mol. The van der Waals surface area contributed by atoms with Crippen molar-refractivity contribution in [1.29, 1.82) is 0 Å². The van der Waals surface area contributed by atoms with Crippen molar-refractivity contribution in [1.82, 2.24) is 4.72 Å². The molecule has 0 aliphatic heterocycles. The Morgan fingerprint density at radius 3 is 2.31 bits per heavy atom. The van der Waals surface area contributed by atoms with Crippen LogP contribution in [0.4, 0.5) is 0 Å². The molecule has 0 rings (SSSR count). The van der Waals surface area contributed by atoms with Crippen LogP contribution >= 0.6 is 0 Å². The van der Waals surface area contributed by atoms with Crippen LogP contribution in [0.3, 0.4) is 0 Å². The molecule has 0 aromatic rings. The number of rotatable bonds is 10. The predicted molar refractivity (Wildman–Crippen MR) is 65.5 cm³/mol. The lowest BCUT2D eigenvalue weighted by Gasteiger charge is -2.16. The molecule has 1 atom stereocenters. The predicted octanol–water partition coefficient (Wildman–Crippen LogP) is 1.46. The van der Waals surface area contributed by atoms with Gasteiger partial charge in [0.25, 0.3) is 0 Å². The fourth-order valence-corrected chi connectivity index (χ4v) is 2.29. The Hall–Kier alpha value is -0.170. The molecule has 0 amide bonds. The maximum atomic E-state index is 10.7. The van der Waals surface area contributed by atoms with Gasteiger partial charge < -0.3 is 5.73 Å². The molecular formula is C10H24N2O3S. The number of unbranched alkanes of at least 4 members (excludes halogenated alkanes) is 3. The minimum Gasteiger partial charge on any atom is -0.330 e. The van der Waals surface area contributed by atoms with Crippen LogP contribution < -0.4 is 10.5 Å². The first-order valence-electron chi connectivity index (χ1n) is 5.94. The van der Waals surface area contributed by atoms with E-state index in [2.05, 4.69) is 11.6 Å². The van der Waals surface area contributed by atoms with Crippen molar-refractivity contribution < 1.29 is 13.0 Å². The summed E-state index contributed by atoms with van der Waals surface area (Å²) in [7, 11) is -4.07. The van der Waals surface area contributed by atoms with E-state index in [9.17, 15) is 8.42 Å². The van der Waals surface area contributed by atoms with Gasteiger partial charge >= 0.3 is 10.3 Å². The van der Waals surface area contributed by atoms with Crippen molar-refractivity contribution in [2.24, 2.45) is 5.73 Å². The summed E-state index contributed by atoms with van der Waals surface area (Å²) >= 11 is 0. The van der Waals surface area contributed by atoms with Crippen LogP contribution in [0.15, 0.2) is 0 Å². The van der Waals surface area contributed by atoms with E-state index in [1.54, 1.807) is 0 Å². The Kier molecular flexibility index (Phi) is 8.83. The minimum absolute atomic E-state index is 0.146. The van der Waals surface area contributed by atoms with Crippen molar-refractivity contribution in [2.75, 3.05) is 6.54 Å². The lowest BCUT2D eigenvalue weighted by molar-refractivity contribution is 0.421. The van der Waals surface area contributed by atoms with Gasteiger partial charge in [-0.05, 0) is 25.8 Å². The third-order valence-electron chi connectivity index (χ3n) is 2.48. The van der Waals surface area contributed by atoms with E-state index in [4.69, 9.17) is 10.3 Å². The lowest BCUT2D eigenvalue weighted by atomic mass is 10.0. The molecule has 0 fully saturated rings. The van der Waals surface area contributed by atoms with Crippen LogP contribution in [0.25, 0.3) is 0 Å². The molecule has 6 heteroatoms. The van der Waals surface area contributed by atoms with Crippen LogP contribution in [0.2, 0.25) is 0 Å². The summed E-state index contributed by atoms with van der Waals surface area (Å²) < 4.78 is 32.4. The van der Waals surface area contributed by atoms with Crippen molar-refractivity contribution in [3.05, 3.63) is 0 Å². The van der Waals surface area contributed by atoms with Crippen molar-refractivity contribution in [2.45, 2.75) is 57.9 Å². The second kappa shape index (κ2) is 8.92. The first-order valence-corrected chi connectivity index (χ1v) is 7.38. The van der Waals surface area contributed by atoms with Gasteiger partial charge in [0.05, 0.1) is 0 Å². The van der Waals surface area contributed by atoms with Crippen LogP contribution in [0, 0.1) is 0 Å². The summed E-state index contributed by atoms with van der Waals surface area (Å²) in [5.74, 6) is 0. The normalized spacial score (nSPS) is 13.9. The standard InChI is InChI=1S/C10H24N2O3S/c1-2-3-7-10(12-16(13,14)15)8-5-4-6-9-11/h10,12H,2-9,11H2,1H3,(H,13,14,15). The largest absolute Gasteiger partial charge is 0.333 e. The zero-order chi connectivity index (χ0) is 12.4. The summed E-state index contributed by atoms with van der Waals surface area (Å²) in [5.41, 5.74) is 5.38. The summed E-state index contributed by atoms with van der Waals surface area (Å²) in [4.78, 5) is 0. The first-order chi connectivity index (χ1) is 7.49. The Morgan fingerprint density at radius 1 is 1.19 bits per heavy atom. The molecule has 98 valence electrons. The molecule has 0 aliphatic carbocycles. The van der Waals surface area contributed by atoms with Gasteiger partial charge in [-0.3, -0.25) is 4.55 Å². The summed E-state index contributed by atoms with van der Waals surface area (Å²) in [5, 5.41) is 0. The lowest BCUT2D eigenvalue weighted by Crippen LogP contribution is -2.34. The van der Waals surface area contributed by atoms with Crippen molar-refractivity contribution >= 4 is 10.3 Å². The van der Waals surface area contributed by atoms with E-state index < -0.39 is 10.3 Å². The van der Waals surface area contributed by atoms with E-state index in [0.717, 1.165) is 44.9 Å². The first kappa shape index (κ1) is 15.8. The molecule has 4 N–H and O–H groups in total. The van der Waals surface area contributed by atoms with Crippen LogP contribution in [0.5, 0.6) is 0 Å². The number of hydrogen-bond acceptors (Lipinski definition) is 3. The van der Waals surface area contributed by atoms with Gasteiger partial charge in [0.1, 0.15) is 0 Å². The SMILES string of the molecule is CCCCC(CCCCCN)NS(=O)(=O)O. The van der Waals surface area contributed by atoms with Gasteiger partial charge in [-0.15, -0.1) is 0 Å². The Bertz CT molecular complexity index is 255. The molecule has 0 saturated heterocycles. The third-order valence-corrected chi connectivity index (χ3v) is 3.11. The molecule has 0 saturated carbocycles. The monoisotopic (exact) mass is 252 g/mol. The van der Waals surface area contributed by atoms with Crippen molar-refractivity contribution in [3.63, 3.8) is 0 Å². The number of hydrogen-bond donors (Lipinski definition) is 3. The number of nitrogens with one attached hydrogen (secondary N) is 1. The van der Waals surface area contributed by atoms with E-state index in [1.807, 2.05) is 0 Å². The van der Waals surface area contributed by atoms with Gasteiger partial charge in [-0.25, -0.2) is 0 Å². The minimum atomic E-state index is -4.07. The van der Waals surface area contributed by atoms with Gasteiger partial charge in [0.2, 0.25) is 0 Å². The molecule has 1 unspecified atom stereocenters. The van der Waals surface area contributed by atoms with Gasteiger partial charge in [0.15, 0.2) is 0 Å². The van der Waals surface area contributed by atoms with Gasteiger partial charge in [0, 0.05) is 6.04 Å². The highest BCUT2D eigenvalue weighted by molar-refractivity contribution is 7.83. The maximum Gasteiger partial charge on any atom is 0.333 e. The maximum absolute atomic E-state index is 10.7. The van der Waals surface area contributed by atoms with Gasteiger partial charge in [-0.2, -0.15) is 13.1 Å². The van der Waals surface area contributed by atoms with E-state index in [0.29, 0.717) is 6.54 Å². The van der Waals surface area contributed by atoms with Crippen LogP contribution in [-0.2, 0) is 10.3 Å². The molecule has 0 aromatic heterocycles. The van der Waals surface area contributed by atoms with Gasteiger partial charge in [-0.1, -0.05) is 32.6 Å². The molecule has 0 aromatic carbocycles. The molecule has 0 aliphatic rings. The molecular weight excluding hydrogens is 228 g/mol. The van der Waals surface area contributed by atoms with Crippen LogP contribution in [0.1, 0.15) is 51.9 Å². The Balaban J connectivity index is 3.90. The summed E-state index contributed by atoms with van der Waals surface area (Å²) in [6.07, 6.45) is 6.43. The molecule has 5 nitrogen and oxygen atoms in total. The highest BCUT2D eigenvalue weighted by atomic mass is 32.2. The average Bonchev–Trinajstić information content (AvgIpc) is 2.18. The second-order valence-electron chi connectivity index (χ2n) is 4.07. The quantitative estimate of drug-likeness (QED) is 0.405.